The molecule has 0 aliphatic carbocycles. The normalized spacial score (nSPS) is 11.5. The number of nitrogens with zero attached hydrogens (tertiary/aromatic N) is 2. The van der Waals surface area contributed by atoms with Crippen molar-refractivity contribution in [3.05, 3.63) is 191 Å². The van der Waals surface area contributed by atoms with Gasteiger partial charge in [-0.2, -0.15) is 30.3 Å². The molecule has 0 fully saturated rings. The zero-order valence-electron chi connectivity index (χ0n) is 23.7. The van der Waals surface area contributed by atoms with E-state index in [0.29, 0.717) is 11.4 Å². The Balaban J connectivity index is 0.00000368. The molecule has 0 spiro atoms. The number of hydrogen-bond donors (Lipinski definition) is 0. The van der Waals surface area contributed by atoms with E-state index in [-0.39, 0.29) is 26.6 Å². The fourth-order valence-corrected chi connectivity index (χ4v) is 5.60. The topological polar surface area (TPSA) is 25.8 Å². The van der Waals surface area contributed by atoms with E-state index < -0.39 is 22.5 Å². The predicted octanol–water partition coefficient (Wildman–Crippen LogP) is 8.73. The van der Waals surface area contributed by atoms with Crippen molar-refractivity contribution in [3.63, 3.8) is 0 Å². The molecule has 0 unspecified atom stereocenters. The number of halogens is 2. The molecule has 5 heteroatoms. The van der Waals surface area contributed by atoms with E-state index in [0.717, 1.165) is 40.2 Å². The molecular formula is C38H28F2N2Pt. The Bertz CT molecular complexity index is 1730. The molecule has 0 atom stereocenters. The maximum atomic E-state index is 14.6. The quantitative estimate of drug-likeness (QED) is 0.121. The molecule has 2 aromatic heterocycles. The Morgan fingerprint density at radius 1 is 0.605 bits per heavy atom. The molecule has 2 nitrogen and oxygen atoms in total. The first-order valence-electron chi connectivity index (χ1n) is 13.8. The van der Waals surface area contributed by atoms with E-state index in [2.05, 4.69) is 62.4 Å². The molecule has 0 aliphatic heterocycles. The van der Waals surface area contributed by atoms with Crippen LogP contribution in [-0.2, 0) is 31.9 Å². The summed E-state index contributed by atoms with van der Waals surface area (Å²) in [6, 6.07) is 48.5. The number of hydrogen-bond acceptors (Lipinski definition) is 2. The zero-order valence-corrected chi connectivity index (χ0v) is 25.9. The van der Waals surface area contributed by atoms with Crippen LogP contribution in [0.3, 0.4) is 0 Å². The first kappa shape index (κ1) is 30.2. The Hall–Kier alpha value is -4.27. The van der Waals surface area contributed by atoms with Crippen molar-refractivity contribution >= 4 is 0 Å². The van der Waals surface area contributed by atoms with Gasteiger partial charge in [-0.25, -0.2) is 0 Å². The summed E-state index contributed by atoms with van der Waals surface area (Å²) < 4.78 is 28.2. The number of pyridine rings is 2. The van der Waals surface area contributed by atoms with Gasteiger partial charge in [0.2, 0.25) is 0 Å². The van der Waals surface area contributed by atoms with E-state index in [1.54, 1.807) is 6.07 Å². The van der Waals surface area contributed by atoms with Crippen LogP contribution in [0.25, 0.3) is 11.3 Å². The molecular weight excluding hydrogens is 718 g/mol. The molecule has 4 aromatic carbocycles. The summed E-state index contributed by atoms with van der Waals surface area (Å²) >= 11 is 0. The summed E-state index contributed by atoms with van der Waals surface area (Å²) in [6.45, 7) is 4.11. The van der Waals surface area contributed by atoms with Gasteiger partial charge in [0.25, 0.3) is 0 Å². The van der Waals surface area contributed by atoms with Crippen LogP contribution in [0.5, 0.6) is 0 Å². The van der Waals surface area contributed by atoms with Gasteiger partial charge in [-0.15, -0.1) is 17.7 Å². The number of benzene rings is 4. The van der Waals surface area contributed by atoms with E-state index in [9.17, 15) is 8.78 Å². The van der Waals surface area contributed by atoms with Crippen molar-refractivity contribution in [2.75, 3.05) is 0 Å². The maximum absolute atomic E-state index is 14.6. The van der Waals surface area contributed by atoms with E-state index >= 15 is 0 Å². The van der Waals surface area contributed by atoms with Crippen molar-refractivity contribution in [2.45, 2.75) is 24.7 Å². The Kier molecular flexibility index (Phi) is 8.80. The van der Waals surface area contributed by atoms with Crippen LogP contribution in [0.1, 0.15) is 47.6 Å². The molecule has 0 N–H and O–H groups in total. The van der Waals surface area contributed by atoms with Crippen LogP contribution in [0.2, 0.25) is 0 Å². The number of aromatic nitrogens is 2. The summed E-state index contributed by atoms with van der Waals surface area (Å²) in [6.07, 6.45) is 0. The molecule has 0 aliphatic rings. The van der Waals surface area contributed by atoms with Crippen LogP contribution < -0.4 is 0 Å². The van der Waals surface area contributed by atoms with Gasteiger partial charge in [0.15, 0.2) is 0 Å². The SMILES string of the molecule is CC(C)(c1cccc(-c2[c-]cc(F)cc2F)n1)c1cccc(C(c2[c-]cccc2)(c2ccccc2)c2ccccc2)n1.[Pt+2]. The smallest absolute Gasteiger partial charge is 0.300 e. The first-order valence-corrected chi connectivity index (χ1v) is 13.8. The monoisotopic (exact) mass is 745 g/mol. The molecule has 6 aromatic rings. The van der Waals surface area contributed by atoms with Gasteiger partial charge >= 0.3 is 21.1 Å². The molecule has 0 amide bonds. The van der Waals surface area contributed by atoms with Crippen LogP contribution in [-0.4, -0.2) is 9.97 Å². The van der Waals surface area contributed by atoms with Crippen LogP contribution in [0, 0.1) is 23.8 Å². The molecule has 6 rings (SSSR count). The average Bonchev–Trinajstić information content (AvgIpc) is 3.03. The summed E-state index contributed by atoms with van der Waals surface area (Å²) in [5.74, 6) is -1.38. The standard InChI is InChI=1S/C38H28F2N2.Pt/c1-37(2,34-21-12-20-33(41-34)31-25-24-30(39)26-32(31)40)35-22-13-23-36(42-35)38(27-14-6-3-7-15-27,28-16-8-4-9-17-28)29-18-10-5-11-19-29;/h3-18,20-24,26H,1-2H3;/q-2;+2. The van der Waals surface area contributed by atoms with Crippen molar-refractivity contribution < 1.29 is 29.8 Å². The Morgan fingerprint density at radius 3 is 1.79 bits per heavy atom. The van der Waals surface area contributed by atoms with Crippen molar-refractivity contribution in [3.8, 4) is 11.3 Å². The first-order chi connectivity index (χ1) is 20.4. The fourth-order valence-electron chi connectivity index (χ4n) is 5.60. The van der Waals surface area contributed by atoms with Crippen LogP contribution >= 0.6 is 0 Å². The summed E-state index contributed by atoms with van der Waals surface area (Å²) in [5, 5.41) is 0. The van der Waals surface area contributed by atoms with Crippen molar-refractivity contribution in [1.82, 2.24) is 9.97 Å². The fraction of sp³-hybridized carbons (Fsp3) is 0.105. The molecule has 214 valence electrons. The van der Waals surface area contributed by atoms with Gasteiger partial charge in [0.05, 0.1) is 16.8 Å². The summed E-state index contributed by atoms with van der Waals surface area (Å²) in [5.41, 5.74) is 4.61. The second-order valence-corrected chi connectivity index (χ2v) is 10.7. The Morgan fingerprint density at radius 2 is 1.19 bits per heavy atom. The Labute approximate surface area is 265 Å². The minimum atomic E-state index is -0.739. The summed E-state index contributed by atoms with van der Waals surface area (Å²) in [7, 11) is 0. The van der Waals surface area contributed by atoms with Crippen molar-refractivity contribution in [2.24, 2.45) is 0 Å². The molecule has 0 bridgehead atoms. The van der Waals surface area contributed by atoms with Gasteiger partial charge < -0.3 is 4.98 Å². The third kappa shape index (κ3) is 5.60. The minimum Gasteiger partial charge on any atom is -0.300 e. The van der Waals surface area contributed by atoms with Gasteiger partial charge in [0, 0.05) is 22.7 Å². The average molecular weight is 746 g/mol. The third-order valence-corrected chi connectivity index (χ3v) is 7.80. The van der Waals surface area contributed by atoms with Gasteiger partial charge in [-0.3, -0.25) is 13.8 Å². The molecule has 0 radical (unpaired) electrons. The van der Waals surface area contributed by atoms with E-state index in [1.165, 1.54) is 0 Å². The molecule has 2 heterocycles. The van der Waals surface area contributed by atoms with E-state index in [4.69, 9.17) is 9.97 Å². The number of rotatable bonds is 7. The second kappa shape index (κ2) is 12.5. The van der Waals surface area contributed by atoms with Gasteiger partial charge in [-0.1, -0.05) is 90.5 Å². The van der Waals surface area contributed by atoms with E-state index in [1.807, 2.05) is 78.9 Å². The van der Waals surface area contributed by atoms with Crippen LogP contribution in [0.4, 0.5) is 8.78 Å². The molecule has 0 saturated heterocycles. The summed E-state index contributed by atoms with van der Waals surface area (Å²) in [4.78, 5) is 10.2. The van der Waals surface area contributed by atoms with Crippen molar-refractivity contribution in [1.29, 1.82) is 0 Å². The predicted molar refractivity (Wildman–Crippen MR) is 162 cm³/mol. The largest absolute Gasteiger partial charge is 2.00 e. The molecule has 0 saturated carbocycles. The van der Waals surface area contributed by atoms with Gasteiger partial charge in [0.1, 0.15) is 0 Å². The third-order valence-electron chi connectivity index (χ3n) is 7.80. The van der Waals surface area contributed by atoms with Gasteiger partial charge in [-0.05, 0) is 48.9 Å². The molecule has 43 heavy (non-hydrogen) atoms. The maximum Gasteiger partial charge on any atom is 2.00 e. The van der Waals surface area contributed by atoms with Crippen LogP contribution in [0.15, 0.2) is 133 Å². The zero-order chi connectivity index (χ0) is 29.2. The second-order valence-electron chi connectivity index (χ2n) is 10.7. The minimum absolute atomic E-state index is 0.